The summed E-state index contributed by atoms with van der Waals surface area (Å²) in [6.07, 6.45) is 4.17. The number of aliphatic hydroxyl groups is 1. The number of fused-ring (bicyclic) bond motifs is 1. The van der Waals surface area contributed by atoms with Gasteiger partial charge in [0.2, 0.25) is 0 Å². The monoisotopic (exact) mass is 392 g/mol. The highest BCUT2D eigenvalue weighted by Gasteiger charge is 2.17. The normalized spacial score (nSPS) is 15.5. The van der Waals surface area contributed by atoms with Gasteiger partial charge < -0.3 is 15.3 Å². The van der Waals surface area contributed by atoms with Crippen LogP contribution in [0.4, 0.5) is 0 Å². The van der Waals surface area contributed by atoms with Crippen LogP contribution in [0.1, 0.15) is 40.1 Å². The maximum absolute atomic E-state index is 10.3. The van der Waals surface area contributed by atoms with Gasteiger partial charge in [-0.25, -0.2) is 4.98 Å². The number of hydrogen-bond acceptors (Lipinski definition) is 4. The van der Waals surface area contributed by atoms with E-state index in [1.807, 2.05) is 35.4 Å². The van der Waals surface area contributed by atoms with Gasteiger partial charge in [-0.2, -0.15) is 0 Å². The molecule has 0 spiro atoms. The number of hydrogen-bond donors (Lipinski definition) is 2. The summed E-state index contributed by atoms with van der Waals surface area (Å²) in [5.74, 6) is 0.742. The lowest BCUT2D eigenvalue weighted by Gasteiger charge is -2.22. The molecule has 1 heterocycles. The van der Waals surface area contributed by atoms with Gasteiger partial charge in [-0.15, -0.1) is 11.3 Å². The lowest BCUT2D eigenvalue weighted by molar-refractivity contribution is 0.179. The maximum atomic E-state index is 10.3. The summed E-state index contributed by atoms with van der Waals surface area (Å²) in [5, 5.41) is 15.4. The number of nitrogens with one attached hydrogen (secondary N) is 1. The van der Waals surface area contributed by atoms with Crippen LogP contribution >= 0.6 is 22.9 Å². The molecule has 1 aromatic heterocycles. The van der Waals surface area contributed by atoms with Gasteiger partial charge in [-0.3, -0.25) is 4.99 Å². The molecule has 0 amide bonds. The molecule has 3 rings (SSSR count). The Morgan fingerprint density at radius 3 is 2.77 bits per heavy atom. The van der Waals surface area contributed by atoms with Crippen LogP contribution in [0, 0.1) is 0 Å². The summed E-state index contributed by atoms with van der Waals surface area (Å²) in [6, 6.07) is 7.24. The van der Waals surface area contributed by atoms with Gasteiger partial charge >= 0.3 is 0 Å². The molecule has 2 aromatic rings. The van der Waals surface area contributed by atoms with Crippen LogP contribution < -0.4 is 5.32 Å². The van der Waals surface area contributed by atoms with E-state index in [1.165, 1.54) is 23.4 Å². The fourth-order valence-corrected chi connectivity index (χ4v) is 4.46. The lowest BCUT2D eigenvalue weighted by Crippen LogP contribution is -2.40. The van der Waals surface area contributed by atoms with Crippen LogP contribution in [0.2, 0.25) is 5.02 Å². The Morgan fingerprint density at radius 2 is 2.08 bits per heavy atom. The lowest BCUT2D eigenvalue weighted by atomic mass is 10.0. The second kappa shape index (κ2) is 8.84. The molecule has 0 saturated heterocycles. The third-order valence-corrected chi connectivity index (χ3v) is 5.94. The molecule has 0 saturated carbocycles. The molecule has 0 bridgehead atoms. The molecule has 0 radical (unpaired) electrons. The topological polar surface area (TPSA) is 60.8 Å². The summed E-state index contributed by atoms with van der Waals surface area (Å²) < 4.78 is 0. The van der Waals surface area contributed by atoms with Crippen molar-refractivity contribution in [2.24, 2.45) is 4.99 Å². The fraction of sp³-hybridized carbons (Fsp3) is 0.474. The summed E-state index contributed by atoms with van der Waals surface area (Å²) >= 11 is 7.71. The van der Waals surface area contributed by atoms with Crippen LogP contribution in [0.25, 0.3) is 0 Å². The molecule has 1 unspecified atom stereocenters. The summed E-state index contributed by atoms with van der Waals surface area (Å²) in [7, 11) is 3.74. The second-order valence-corrected chi connectivity index (χ2v) is 8.14. The van der Waals surface area contributed by atoms with E-state index in [1.54, 1.807) is 19.2 Å². The van der Waals surface area contributed by atoms with Crippen molar-refractivity contribution >= 4 is 28.9 Å². The van der Waals surface area contributed by atoms with Gasteiger partial charge in [0.05, 0.1) is 18.3 Å². The zero-order valence-electron chi connectivity index (χ0n) is 15.2. The Balaban J connectivity index is 1.56. The van der Waals surface area contributed by atoms with Gasteiger partial charge in [0.25, 0.3) is 0 Å². The van der Waals surface area contributed by atoms with Crippen LogP contribution in [-0.4, -0.2) is 41.6 Å². The number of benzene rings is 1. The van der Waals surface area contributed by atoms with Crippen molar-refractivity contribution in [2.45, 2.75) is 38.3 Å². The van der Waals surface area contributed by atoms with Crippen molar-refractivity contribution in [1.82, 2.24) is 15.2 Å². The Morgan fingerprint density at radius 1 is 1.35 bits per heavy atom. The molecule has 140 valence electrons. The zero-order valence-corrected chi connectivity index (χ0v) is 16.8. The predicted molar refractivity (Wildman–Crippen MR) is 108 cm³/mol. The molecule has 1 aromatic carbocycles. The SMILES string of the molecule is CN=C(NCC(O)c1ccc(Cl)cc1)N(C)Cc1nc2c(s1)CCCC2. The first-order chi connectivity index (χ1) is 12.6. The Labute approximate surface area is 163 Å². The molecule has 1 aliphatic carbocycles. The van der Waals surface area contributed by atoms with Crippen LogP contribution in [0.15, 0.2) is 29.3 Å². The van der Waals surface area contributed by atoms with Crippen molar-refractivity contribution in [1.29, 1.82) is 0 Å². The molecule has 26 heavy (non-hydrogen) atoms. The first-order valence-electron chi connectivity index (χ1n) is 8.89. The quantitative estimate of drug-likeness (QED) is 0.604. The Kier molecular flexibility index (Phi) is 6.51. The maximum Gasteiger partial charge on any atom is 0.193 e. The highest BCUT2D eigenvalue weighted by Crippen LogP contribution is 2.27. The van der Waals surface area contributed by atoms with Crippen LogP contribution in [0.3, 0.4) is 0 Å². The van der Waals surface area contributed by atoms with E-state index < -0.39 is 6.10 Å². The summed E-state index contributed by atoms with van der Waals surface area (Å²) in [5.41, 5.74) is 2.11. The smallest absolute Gasteiger partial charge is 0.193 e. The molecule has 5 nitrogen and oxygen atoms in total. The first-order valence-corrected chi connectivity index (χ1v) is 10.1. The molecule has 0 fully saturated rings. The van der Waals surface area contributed by atoms with Gasteiger partial charge in [0.15, 0.2) is 5.96 Å². The number of halogens is 1. The van der Waals surface area contributed by atoms with E-state index in [2.05, 4.69) is 10.3 Å². The van der Waals surface area contributed by atoms with Gasteiger partial charge in [0, 0.05) is 30.5 Å². The van der Waals surface area contributed by atoms with E-state index in [0.29, 0.717) is 18.1 Å². The first kappa shape index (κ1) is 19.1. The minimum Gasteiger partial charge on any atom is -0.387 e. The molecule has 2 N–H and O–H groups in total. The number of rotatable bonds is 5. The summed E-state index contributed by atoms with van der Waals surface area (Å²) in [6.45, 7) is 1.10. The van der Waals surface area contributed by atoms with Crippen molar-refractivity contribution < 1.29 is 5.11 Å². The average molecular weight is 393 g/mol. The molecule has 1 atom stereocenters. The average Bonchev–Trinajstić information content (AvgIpc) is 3.04. The third kappa shape index (κ3) is 4.75. The van der Waals surface area contributed by atoms with Gasteiger partial charge in [0.1, 0.15) is 5.01 Å². The number of thiazole rings is 1. The van der Waals surface area contributed by atoms with Crippen LogP contribution in [-0.2, 0) is 19.4 Å². The molecule has 7 heteroatoms. The van der Waals surface area contributed by atoms with Crippen molar-refractivity contribution in [3.63, 3.8) is 0 Å². The van der Waals surface area contributed by atoms with Crippen molar-refractivity contribution in [3.8, 4) is 0 Å². The molecular weight excluding hydrogens is 368 g/mol. The van der Waals surface area contributed by atoms with Crippen molar-refractivity contribution in [2.75, 3.05) is 20.6 Å². The summed E-state index contributed by atoms with van der Waals surface area (Å²) in [4.78, 5) is 12.6. The number of aryl methyl sites for hydroxylation is 2. The predicted octanol–water partition coefficient (Wildman–Crippen LogP) is 3.42. The van der Waals surface area contributed by atoms with E-state index in [4.69, 9.17) is 16.6 Å². The largest absolute Gasteiger partial charge is 0.387 e. The standard InChI is InChI=1S/C19H25ClN4OS/c1-21-19(22-11-16(25)13-7-9-14(20)10-8-13)24(2)12-18-23-15-5-3-4-6-17(15)26-18/h7-10,16,25H,3-6,11-12H2,1-2H3,(H,21,22). The highest BCUT2D eigenvalue weighted by molar-refractivity contribution is 7.11. The van der Waals surface area contributed by atoms with E-state index in [-0.39, 0.29) is 0 Å². The molecule has 1 aliphatic rings. The number of aliphatic hydroxyl groups excluding tert-OH is 1. The Hall–Kier alpha value is -1.63. The van der Waals surface area contributed by atoms with E-state index >= 15 is 0 Å². The van der Waals surface area contributed by atoms with Crippen molar-refractivity contribution in [3.05, 3.63) is 50.4 Å². The zero-order chi connectivity index (χ0) is 18.5. The number of guanidine groups is 1. The van der Waals surface area contributed by atoms with E-state index in [0.717, 1.165) is 29.4 Å². The number of nitrogens with zero attached hydrogens (tertiary/aromatic N) is 3. The second-order valence-electron chi connectivity index (χ2n) is 6.54. The molecular formula is C19H25ClN4OS. The van der Waals surface area contributed by atoms with Gasteiger partial charge in [-0.05, 0) is 43.4 Å². The number of aromatic nitrogens is 1. The highest BCUT2D eigenvalue weighted by atomic mass is 35.5. The minimum atomic E-state index is -0.621. The third-order valence-electron chi connectivity index (χ3n) is 4.54. The number of aliphatic imine (C=N–C) groups is 1. The van der Waals surface area contributed by atoms with Crippen LogP contribution in [0.5, 0.6) is 0 Å². The Bertz CT molecular complexity index is 736. The fourth-order valence-electron chi connectivity index (χ4n) is 3.13. The molecule has 0 aliphatic heterocycles. The van der Waals surface area contributed by atoms with E-state index in [9.17, 15) is 5.11 Å². The van der Waals surface area contributed by atoms with Gasteiger partial charge in [-0.1, -0.05) is 23.7 Å². The minimum absolute atomic E-state index is 0.382.